The van der Waals surface area contributed by atoms with Gasteiger partial charge in [-0.1, -0.05) is 6.07 Å². The quantitative estimate of drug-likeness (QED) is 0.600. The van der Waals surface area contributed by atoms with Crippen molar-refractivity contribution in [2.45, 2.75) is 44.4 Å². The van der Waals surface area contributed by atoms with Crippen molar-refractivity contribution in [3.8, 4) is 0 Å². The monoisotopic (exact) mass is 389 g/mol. The first-order valence-electron chi connectivity index (χ1n) is 9.43. The molecule has 0 fully saturated rings. The van der Waals surface area contributed by atoms with E-state index in [0.717, 1.165) is 37.1 Å². The number of anilines is 2. The summed E-state index contributed by atoms with van der Waals surface area (Å²) in [6.07, 6.45) is 4.31. The summed E-state index contributed by atoms with van der Waals surface area (Å²) in [5.74, 6) is 1.24. The summed E-state index contributed by atoms with van der Waals surface area (Å²) in [4.78, 5) is 8.99. The number of aromatic nitrogens is 2. The summed E-state index contributed by atoms with van der Waals surface area (Å²) in [6.45, 7) is 5.33. The highest BCUT2D eigenvalue weighted by Crippen LogP contribution is 2.24. The number of fused-ring (bicyclic) bond motifs is 1. The molecule has 3 rings (SSSR count). The Kier molecular flexibility index (Phi) is 6.28. The molecule has 0 aliphatic heterocycles. The highest BCUT2D eigenvalue weighted by atomic mass is 32.2. The fourth-order valence-electron chi connectivity index (χ4n) is 3.23. The van der Waals surface area contributed by atoms with Gasteiger partial charge in [-0.2, -0.15) is 4.98 Å². The van der Waals surface area contributed by atoms with Gasteiger partial charge in [-0.05, 0) is 62.8 Å². The van der Waals surface area contributed by atoms with Crippen LogP contribution in [-0.2, 0) is 22.9 Å². The lowest BCUT2D eigenvalue weighted by Crippen LogP contribution is -2.29. The van der Waals surface area contributed by atoms with Gasteiger partial charge in [-0.25, -0.2) is 18.1 Å². The van der Waals surface area contributed by atoms with E-state index >= 15 is 0 Å². The molecule has 0 spiro atoms. The van der Waals surface area contributed by atoms with E-state index in [1.54, 1.807) is 6.07 Å². The van der Waals surface area contributed by atoms with Crippen molar-refractivity contribution < 1.29 is 8.42 Å². The van der Waals surface area contributed by atoms with Crippen molar-refractivity contribution in [2.24, 2.45) is 0 Å². The number of nitrogens with zero attached hydrogens (tertiary/aromatic N) is 2. The van der Waals surface area contributed by atoms with Crippen LogP contribution in [0.5, 0.6) is 0 Å². The Morgan fingerprint density at radius 3 is 2.56 bits per heavy atom. The third-order valence-electron chi connectivity index (χ3n) is 4.54. The Hall–Kier alpha value is -2.19. The molecule has 7 nitrogen and oxygen atoms in total. The van der Waals surface area contributed by atoms with Gasteiger partial charge in [-0.3, -0.25) is 0 Å². The van der Waals surface area contributed by atoms with E-state index in [2.05, 4.69) is 25.3 Å². The van der Waals surface area contributed by atoms with Gasteiger partial charge in [0.25, 0.3) is 0 Å². The fraction of sp³-hybridized carbons (Fsp3) is 0.474. The van der Waals surface area contributed by atoms with E-state index in [1.807, 2.05) is 32.0 Å². The van der Waals surface area contributed by atoms with Gasteiger partial charge in [0, 0.05) is 31.4 Å². The molecule has 0 radical (unpaired) electrons. The van der Waals surface area contributed by atoms with Crippen LogP contribution >= 0.6 is 0 Å². The molecule has 1 aromatic carbocycles. The van der Waals surface area contributed by atoms with Crippen molar-refractivity contribution in [1.82, 2.24) is 14.7 Å². The zero-order valence-corrected chi connectivity index (χ0v) is 16.7. The van der Waals surface area contributed by atoms with Crippen LogP contribution < -0.4 is 15.4 Å². The molecule has 0 amide bonds. The van der Waals surface area contributed by atoms with Gasteiger partial charge in [0.15, 0.2) is 0 Å². The Morgan fingerprint density at radius 1 is 1.00 bits per heavy atom. The first-order chi connectivity index (χ1) is 13.0. The second-order valence-corrected chi connectivity index (χ2v) is 8.48. The van der Waals surface area contributed by atoms with Crippen molar-refractivity contribution in [2.75, 3.05) is 30.3 Å². The molecule has 0 atom stereocenters. The maximum Gasteiger partial charge on any atom is 0.240 e. The number of hydrogen-bond acceptors (Lipinski definition) is 6. The number of hydrogen-bond donors (Lipinski definition) is 3. The smallest absolute Gasteiger partial charge is 0.240 e. The molecule has 0 bridgehead atoms. The average Bonchev–Trinajstić information content (AvgIpc) is 2.65. The van der Waals surface area contributed by atoms with Crippen LogP contribution in [-0.4, -0.2) is 38.0 Å². The normalized spacial score (nSPS) is 13.9. The predicted molar refractivity (Wildman–Crippen MR) is 108 cm³/mol. The number of aryl methyl sites for hydroxylation is 3. The van der Waals surface area contributed by atoms with Crippen LogP contribution in [0.4, 0.5) is 11.8 Å². The SMILES string of the molecule is CCNc1nc(C)cc(NCCNS(=O)(=O)c2ccc3c(c2)CCCC3)n1. The summed E-state index contributed by atoms with van der Waals surface area (Å²) in [7, 11) is -3.51. The van der Waals surface area contributed by atoms with E-state index < -0.39 is 10.0 Å². The molecule has 1 aromatic heterocycles. The predicted octanol–water partition coefficient (Wildman–Crippen LogP) is 2.49. The van der Waals surface area contributed by atoms with Crippen molar-refractivity contribution in [3.05, 3.63) is 41.1 Å². The standard InChI is InChI=1S/C19H27N5O2S/c1-3-20-19-23-14(2)12-18(24-19)21-10-11-22-27(25,26)17-9-8-15-6-4-5-7-16(15)13-17/h8-9,12-13,22H,3-7,10-11H2,1-2H3,(H2,20,21,23,24). The molecule has 0 saturated heterocycles. The summed E-state index contributed by atoms with van der Waals surface area (Å²) >= 11 is 0. The van der Waals surface area contributed by atoms with E-state index in [0.29, 0.717) is 23.2 Å². The van der Waals surface area contributed by atoms with Crippen molar-refractivity contribution in [3.63, 3.8) is 0 Å². The van der Waals surface area contributed by atoms with Gasteiger partial charge in [-0.15, -0.1) is 0 Å². The number of benzene rings is 1. The first-order valence-corrected chi connectivity index (χ1v) is 10.9. The highest BCUT2D eigenvalue weighted by Gasteiger charge is 2.17. The lowest BCUT2D eigenvalue weighted by molar-refractivity contribution is 0.582. The molecular weight excluding hydrogens is 362 g/mol. The number of sulfonamides is 1. The fourth-order valence-corrected chi connectivity index (χ4v) is 4.31. The van der Waals surface area contributed by atoms with Gasteiger partial charge >= 0.3 is 0 Å². The van der Waals surface area contributed by atoms with Crippen molar-refractivity contribution in [1.29, 1.82) is 0 Å². The minimum atomic E-state index is -3.51. The Morgan fingerprint density at radius 2 is 1.78 bits per heavy atom. The highest BCUT2D eigenvalue weighted by molar-refractivity contribution is 7.89. The largest absolute Gasteiger partial charge is 0.369 e. The van der Waals surface area contributed by atoms with Gasteiger partial charge in [0.2, 0.25) is 16.0 Å². The third kappa shape index (κ3) is 5.17. The molecule has 146 valence electrons. The topological polar surface area (TPSA) is 96.0 Å². The second kappa shape index (κ2) is 8.67. The van der Waals surface area contributed by atoms with Crippen LogP contribution in [0, 0.1) is 6.92 Å². The van der Waals surface area contributed by atoms with Crippen LogP contribution in [0.3, 0.4) is 0 Å². The summed E-state index contributed by atoms with van der Waals surface area (Å²) < 4.78 is 27.8. The molecular formula is C19H27N5O2S. The molecule has 3 N–H and O–H groups in total. The average molecular weight is 390 g/mol. The zero-order chi connectivity index (χ0) is 19.3. The van der Waals surface area contributed by atoms with Crippen LogP contribution in [0.15, 0.2) is 29.2 Å². The summed E-state index contributed by atoms with van der Waals surface area (Å²) in [5, 5.41) is 6.22. The van der Waals surface area contributed by atoms with Gasteiger partial charge < -0.3 is 10.6 Å². The summed E-state index contributed by atoms with van der Waals surface area (Å²) in [6, 6.07) is 7.31. The summed E-state index contributed by atoms with van der Waals surface area (Å²) in [5.41, 5.74) is 3.28. The Labute approximate surface area is 161 Å². The molecule has 1 aliphatic carbocycles. The van der Waals surface area contributed by atoms with E-state index in [-0.39, 0.29) is 6.54 Å². The van der Waals surface area contributed by atoms with E-state index in [9.17, 15) is 8.42 Å². The van der Waals surface area contributed by atoms with Crippen LogP contribution in [0.2, 0.25) is 0 Å². The van der Waals surface area contributed by atoms with Crippen LogP contribution in [0.1, 0.15) is 36.6 Å². The van der Waals surface area contributed by atoms with Crippen molar-refractivity contribution >= 4 is 21.8 Å². The minimum Gasteiger partial charge on any atom is -0.369 e. The van der Waals surface area contributed by atoms with Gasteiger partial charge in [0.1, 0.15) is 5.82 Å². The lowest BCUT2D eigenvalue weighted by atomic mass is 9.92. The molecule has 27 heavy (non-hydrogen) atoms. The second-order valence-electron chi connectivity index (χ2n) is 6.71. The van der Waals surface area contributed by atoms with E-state index in [1.165, 1.54) is 12.0 Å². The Balaban J connectivity index is 1.57. The Bertz CT molecular complexity index is 899. The third-order valence-corrected chi connectivity index (χ3v) is 6.00. The maximum absolute atomic E-state index is 12.5. The maximum atomic E-state index is 12.5. The zero-order valence-electron chi connectivity index (χ0n) is 15.9. The van der Waals surface area contributed by atoms with Gasteiger partial charge in [0.05, 0.1) is 4.90 Å². The molecule has 8 heteroatoms. The first kappa shape index (κ1) is 19.6. The molecule has 0 unspecified atom stereocenters. The van der Waals surface area contributed by atoms with Crippen LogP contribution in [0.25, 0.3) is 0 Å². The molecule has 1 aliphatic rings. The van der Waals surface area contributed by atoms with E-state index in [4.69, 9.17) is 0 Å². The minimum absolute atomic E-state index is 0.277. The number of rotatable bonds is 8. The molecule has 1 heterocycles. The number of nitrogens with one attached hydrogen (secondary N) is 3. The molecule has 2 aromatic rings. The lowest BCUT2D eigenvalue weighted by Gasteiger charge is -2.17. The molecule has 0 saturated carbocycles.